The van der Waals surface area contributed by atoms with Crippen molar-refractivity contribution in [1.82, 2.24) is 4.57 Å². The van der Waals surface area contributed by atoms with E-state index in [-0.39, 0.29) is 0 Å². The molecule has 2 nitrogen and oxygen atoms in total. The Hall–Kier alpha value is -7.72. The summed E-state index contributed by atoms with van der Waals surface area (Å²) in [4.78, 5) is 2.54. The van der Waals surface area contributed by atoms with Gasteiger partial charge in [-0.3, -0.25) is 0 Å². The van der Waals surface area contributed by atoms with E-state index in [2.05, 4.69) is 240 Å². The van der Waals surface area contributed by atoms with Crippen LogP contribution in [0.4, 0.5) is 17.1 Å². The normalized spacial score (nSPS) is 13.0. The molecular formula is C59H38N2S. The lowest BCUT2D eigenvalue weighted by Gasteiger charge is -2.34. The fraction of sp³-hybridized carbons (Fsp3) is 0.0169. The van der Waals surface area contributed by atoms with Gasteiger partial charge in [0, 0.05) is 43.2 Å². The van der Waals surface area contributed by atoms with Crippen molar-refractivity contribution in [3.05, 3.63) is 253 Å². The summed E-state index contributed by atoms with van der Waals surface area (Å²) in [5, 5.41) is 7.65. The molecule has 290 valence electrons. The van der Waals surface area contributed by atoms with Crippen molar-refractivity contribution < 1.29 is 0 Å². The number of benzene rings is 10. The smallest absolute Gasteiger partial charge is 0.0714 e. The highest BCUT2D eigenvalue weighted by Gasteiger charge is 2.47. The summed E-state index contributed by atoms with van der Waals surface area (Å²) < 4.78 is 5.00. The van der Waals surface area contributed by atoms with Crippen LogP contribution in [0.3, 0.4) is 0 Å². The molecule has 10 aromatic carbocycles. The quantitative estimate of drug-likeness (QED) is 0.162. The van der Waals surface area contributed by atoms with Gasteiger partial charge in [-0.15, -0.1) is 11.3 Å². The largest absolute Gasteiger partial charge is 0.309 e. The van der Waals surface area contributed by atoms with Crippen molar-refractivity contribution in [1.29, 1.82) is 0 Å². The Balaban J connectivity index is 1.10. The fourth-order valence-corrected chi connectivity index (χ4v) is 12.0. The van der Waals surface area contributed by atoms with Gasteiger partial charge in [-0.2, -0.15) is 0 Å². The van der Waals surface area contributed by atoms with E-state index in [9.17, 15) is 0 Å². The molecule has 0 N–H and O–H groups in total. The maximum absolute atomic E-state index is 2.54. The van der Waals surface area contributed by atoms with Gasteiger partial charge in [0.15, 0.2) is 0 Å². The number of hydrogen-bond donors (Lipinski definition) is 0. The molecule has 13 rings (SSSR count). The Labute approximate surface area is 363 Å². The average Bonchev–Trinajstić information content (AvgIpc) is 4.00. The molecule has 0 amide bonds. The summed E-state index contributed by atoms with van der Waals surface area (Å²) in [6.07, 6.45) is 0. The van der Waals surface area contributed by atoms with E-state index in [1.165, 1.54) is 91.8 Å². The number of para-hydroxylation sites is 2. The minimum atomic E-state index is -0.515. The molecule has 1 aliphatic rings. The molecule has 0 saturated carbocycles. The van der Waals surface area contributed by atoms with Gasteiger partial charge in [0.2, 0.25) is 0 Å². The third kappa shape index (κ3) is 4.91. The summed E-state index contributed by atoms with van der Waals surface area (Å²) in [6.45, 7) is 0. The first-order valence-corrected chi connectivity index (χ1v) is 22.2. The Kier molecular flexibility index (Phi) is 7.72. The van der Waals surface area contributed by atoms with Gasteiger partial charge in [-0.1, -0.05) is 182 Å². The molecule has 0 atom stereocenters. The van der Waals surface area contributed by atoms with Crippen molar-refractivity contribution in [3.63, 3.8) is 0 Å². The Morgan fingerprint density at radius 3 is 1.65 bits per heavy atom. The average molecular weight is 807 g/mol. The van der Waals surface area contributed by atoms with E-state index < -0.39 is 5.41 Å². The van der Waals surface area contributed by atoms with E-state index in [0.717, 1.165) is 17.1 Å². The van der Waals surface area contributed by atoms with E-state index in [0.29, 0.717) is 0 Å². The minimum absolute atomic E-state index is 0.515. The highest BCUT2D eigenvalue weighted by Crippen LogP contribution is 2.60. The second-order valence-electron chi connectivity index (χ2n) is 16.4. The maximum atomic E-state index is 2.54. The van der Waals surface area contributed by atoms with Gasteiger partial charge in [0.25, 0.3) is 0 Å². The maximum Gasteiger partial charge on any atom is 0.0714 e. The predicted molar refractivity (Wildman–Crippen MR) is 263 cm³/mol. The first kappa shape index (κ1) is 35.1. The molecule has 0 saturated heterocycles. The van der Waals surface area contributed by atoms with Crippen molar-refractivity contribution >= 4 is 81.1 Å². The van der Waals surface area contributed by atoms with Gasteiger partial charge in [0.1, 0.15) is 0 Å². The number of anilines is 3. The molecule has 12 aromatic rings. The van der Waals surface area contributed by atoms with Crippen LogP contribution in [0.15, 0.2) is 231 Å². The van der Waals surface area contributed by atoms with Crippen LogP contribution in [0.2, 0.25) is 0 Å². The third-order valence-corrected chi connectivity index (χ3v) is 14.5. The highest BCUT2D eigenvalue weighted by atomic mass is 32.1. The summed E-state index contributed by atoms with van der Waals surface area (Å²) in [5.41, 5.74) is 14.1. The number of rotatable bonds is 6. The molecule has 3 heteroatoms. The first-order valence-electron chi connectivity index (χ1n) is 21.4. The SMILES string of the molecule is c1ccc(C2(c3ccccc3)c3ccccc3-c3c(N(c4ccc(-n5c6ccccc6c6ccccc65)cc4)c4cccc5c4sc4c6ccccc6ccc54)cccc32)cc1. The van der Waals surface area contributed by atoms with Crippen LogP contribution in [-0.2, 0) is 5.41 Å². The lowest BCUT2D eigenvalue weighted by molar-refractivity contribution is 0.768. The van der Waals surface area contributed by atoms with Crippen molar-refractivity contribution in [3.8, 4) is 16.8 Å². The number of aromatic nitrogens is 1. The third-order valence-electron chi connectivity index (χ3n) is 13.3. The molecule has 0 aliphatic heterocycles. The molecular weight excluding hydrogens is 769 g/mol. The molecule has 62 heavy (non-hydrogen) atoms. The Morgan fingerprint density at radius 1 is 0.371 bits per heavy atom. The zero-order chi connectivity index (χ0) is 40.8. The minimum Gasteiger partial charge on any atom is -0.309 e. The van der Waals surface area contributed by atoms with Gasteiger partial charge < -0.3 is 9.47 Å². The second-order valence-corrected chi connectivity index (χ2v) is 17.4. The molecule has 0 spiro atoms. The van der Waals surface area contributed by atoms with E-state index in [1.807, 2.05) is 11.3 Å². The van der Waals surface area contributed by atoms with E-state index in [1.54, 1.807) is 0 Å². The molecule has 2 heterocycles. The van der Waals surface area contributed by atoms with Crippen LogP contribution in [0.5, 0.6) is 0 Å². The summed E-state index contributed by atoms with van der Waals surface area (Å²) in [7, 11) is 0. The highest BCUT2D eigenvalue weighted by molar-refractivity contribution is 7.27. The number of nitrogens with zero attached hydrogens (tertiary/aromatic N) is 2. The zero-order valence-corrected chi connectivity index (χ0v) is 34.6. The fourth-order valence-electron chi connectivity index (χ4n) is 10.7. The first-order chi connectivity index (χ1) is 30.8. The second kappa shape index (κ2) is 13.7. The van der Waals surface area contributed by atoms with E-state index in [4.69, 9.17) is 0 Å². The lowest BCUT2D eigenvalue weighted by atomic mass is 9.68. The molecule has 1 aliphatic carbocycles. The van der Waals surface area contributed by atoms with Crippen LogP contribution in [0.1, 0.15) is 22.3 Å². The van der Waals surface area contributed by atoms with Crippen molar-refractivity contribution in [2.24, 2.45) is 0 Å². The Bertz CT molecular complexity index is 3600. The van der Waals surface area contributed by atoms with Crippen LogP contribution >= 0.6 is 11.3 Å². The van der Waals surface area contributed by atoms with Gasteiger partial charge in [-0.25, -0.2) is 0 Å². The predicted octanol–water partition coefficient (Wildman–Crippen LogP) is 16.1. The van der Waals surface area contributed by atoms with Crippen molar-refractivity contribution in [2.45, 2.75) is 5.41 Å². The molecule has 0 unspecified atom stereocenters. The van der Waals surface area contributed by atoms with Crippen LogP contribution in [0, 0.1) is 0 Å². The number of thiophene rings is 1. The number of fused-ring (bicyclic) bond motifs is 11. The number of hydrogen-bond acceptors (Lipinski definition) is 2. The summed E-state index contributed by atoms with van der Waals surface area (Å²) in [6, 6.07) is 85.3. The monoisotopic (exact) mass is 806 g/mol. The molecule has 2 aromatic heterocycles. The van der Waals surface area contributed by atoms with Crippen LogP contribution in [-0.4, -0.2) is 4.57 Å². The summed E-state index contributed by atoms with van der Waals surface area (Å²) in [5.74, 6) is 0. The topological polar surface area (TPSA) is 8.17 Å². The Morgan fingerprint density at radius 2 is 0.919 bits per heavy atom. The van der Waals surface area contributed by atoms with E-state index >= 15 is 0 Å². The van der Waals surface area contributed by atoms with Gasteiger partial charge in [-0.05, 0) is 87.1 Å². The lowest BCUT2D eigenvalue weighted by Crippen LogP contribution is -2.28. The standard InChI is InChI=1S/C59H38N2S/c1-3-18-40(19-4-1)59(41-20-5-2-6-21-41)50-27-12-9-25-49(50)56-51(59)28-16-31-54(56)61(55-32-15-26-47-48-38-33-39-17-7-8-22-44(39)57(48)62-58(47)55)43-36-34-42(35-37-43)60-52-29-13-10-23-45(52)46-24-11-14-30-53(46)60/h1-38H. The molecule has 0 fully saturated rings. The van der Waals surface area contributed by atoms with Crippen LogP contribution in [0.25, 0.3) is 69.6 Å². The van der Waals surface area contributed by atoms with Crippen molar-refractivity contribution in [2.75, 3.05) is 4.90 Å². The van der Waals surface area contributed by atoms with Gasteiger partial charge >= 0.3 is 0 Å². The van der Waals surface area contributed by atoms with Crippen LogP contribution < -0.4 is 4.90 Å². The molecule has 0 radical (unpaired) electrons. The summed E-state index contributed by atoms with van der Waals surface area (Å²) >= 11 is 1.91. The molecule has 0 bridgehead atoms. The zero-order valence-electron chi connectivity index (χ0n) is 33.7. The van der Waals surface area contributed by atoms with Gasteiger partial charge in [0.05, 0.1) is 32.5 Å².